The Hall–Kier alpha value is -4.33. The third kappa shape index (κ3) is 5.55. The van der Waals surface area contributed by atoms with E-state index >= 15 is 0 Å². The number of carbonyl (C=O) groups excluding carboxylic acids is 2. The number of benzene rings is 2. The monoisotopic (exact) mass is 637 g/mol. The van der Waals surface area contributed by atoms with Crippen molar-refractivity contribution in [2.45, 2.75) is 69.6 Å². The van der Waals surface area contributed by atoms with Gasteiger partial charge in [-0.05, 0) is 59.9 Å². The van der Waals surface area contributed by atoms with Crippen LogP contribution in [0, 0.1) is 0 Å². The zero-order valence-corrected chi connectivity index (χ0v) is 24.2. The normalized spacial score (nSPS) is 18.6. The van der Waals surface area contributed by atoms with Gasteiger partial charge < -0.3 is 19.9 Å². The Balaban J connectivity index is 1.39. The molecule has 0 saturated carbocycles. The maximum Gasteiger partial charge on any atom is 0.430 e. The van der Waals surface area contributed by atoms with E-state index in [-0.39, 0.29) is 42.1 Å². The van der Waals surface area contributed by atoms with E-state index < -0.39 is 41.0 Å². The van der Waals surface area contributed by atoms with Crippen LogP contribution >= 0.6 is 0 Å². The van der Waals surface area contributed by atoms with Crippen molar-refractivity contribution in [2.24, 2.45) is 0 Å². The highest BCUT2D eigenvalue weighted by Crippen LogP contribution is 2.50. The highest BCUT2D eigenvalue weighted by molar-refractivity contribution is 6.07. The molecular weight excluding hydrogens is 608 g/mol. The van der Waals surface area contributed by atoms with Gasteiger partial charge in [-0.1, -0.05) is 32.4 Å². The van der Waals surface area contributed by atoms with Gasteiger partial charge in [0, 0.05) is 24.2 Å². The summed E-state index contributed by atoms with van der Waals surface area (Å²) in [5.41, 5.74) is -5.96. The van der Waals surface area contributed by atoms with Crippen LogP contribution in [0.2, 0.25) is 0 Å². The Morgan fingerprint density at radius 2 is 1.76 bits per heavy atom. The molecule has 1 saturated heterocycles. The van der Waals surface area contributed by atoms with Gasteiger partial charge in [0.05, 0.1) is 18.8 Å². The molecule has 0 radical (unpaired) electrons. The number of fused-ring (bicyclic) bond motifs is 1. The molecule has 5 rings (SSSR count). The van der Waals surface area contributed by atoms with Crippen LogP contribution in [0.1, 0.15) is 54.6 Å². The summed E-state index contributed by atoms with van der Waals surface area (Å²) in [7, 11) is 0. The number of pyridine rings is 1. The lowest BCUT2D eigenvalue weighted by molar-refractivity contribution is -0.376. The Kier molecular flexibility index (Phi) is 8.23. The maximum atomic E-state index is 13.7. The fourth-order valence-electron chi connectivity index (χ4n) is 5.61. The molecule has 2 aliphatic rings. The second kappa shape index (κ2) is 11.5. The van der Waals surface area contributed by atoms with Crippen molar-refractivity contribution in [3.63, 3.8) is 0 Å². The number of imide groups is 1. The van der Waals surface area contributed by atoms with E-state index in [0.29, 0.717) is 37.1 Å². The maximum absolute atomic E-state index is 13.7. The van der Waals surface area contributed by atoms with Gasteiger partial charge in [0.1, 0.15) is 22.8 Å². The van der Waals surface area contributed by atoms with Gasteiger partial charge in [-0.25, -0.2) is 4.79 Å². The third-order valence-electron chi connectivity index (χ3n) is 8.04. The number of urea groups is 1. The molecule has 2 N–H and O–H groups in total. The average Bonchev–Trinajstić information content (AvgIpc) is 3.55. The van der Waals surface area contributed by atoms with Crippen LogP contribution in [0.3, 0.4) is 0 Å². The minimum atomic E-state index is -6.03. The number of rotatable bonds is 9. The summed E-state index contributed by atoms with van der Waals surface area (Å²) in [5, 5.41) is 12.7. The van der Waals surface area contributed by atoms with Gasteiger partial charge in [-0.3, -0.25) is 14.7 Å². The van der Waals surface area contributed by atoms with Gasteiger partial charge in [0.25, 0.3) is 11.5 Å². The zero-order chi connectivity index (χ0) is 32.8. The van der Waals surface area contributed by atoms with Crippen LogP contribution < -0.4 is 14.8 Å². The van der Waals surface area contributed by atoms with Gasteiger partial charge in [-0.2, -0.15) is 26.3 Å². The molecule has 2 aromatic carbocycles. The number of amides is 3. The zero-order valence-electron chi connectivity index (χ0n) is 24.2. The minimum absolute atomic E-state index is 0.00172. The third-order valence-corrected chi connectivity index (χ3v) is 8.04. The second-order valence-corrected chi connectivity index (χ2v) is 10.9. The fourth-order valence-corrected chi connectivity index (χ4v) is 5.61. The minimum Gasteiger partial charge on any atom is -0.493 e. The quantitative estimate of drug-likeness (QED) is 0.207. The standard InChI is InChI=1S/C31H29F6N3O5/c1-3-5-18-15-21(29(43,30(32,33)34)31(35,36)37)7-9-25(18)45-23-10-12-38-22(16-23)17-40-26(41)28(4-2,39-27(40)42)20-6-8-24-19(14-20)11-13-44-24/h6-10,12,14-16,43H,3-5,11,13,17H2,1-2H3,(H,39,42). The molecule has 240 valence electrons. The van der Waals surface area contributed by atoms with Crippen molar-refractivity contribution in [2.75, 3.05) is 6.61 Å². The number of nitrogens with zero attached hydrogens (tertiary/aromatic N) is 2. The van der Waals surface area contributed by atoms with Crippen LogP contribution in [0.15, 0.2) is 54.7 Å². The number of ether oxygens (including phenoxy) is 2. The van der Waals surface area contributed by atoms with Crippen LogP contribution in [-0.4, -0.2) is 45.9 Å². The van der Waals surface area contributed by atoms with Crippen LogP contribution in [0.5, 0.6) is 17.2 Å². The fraction of sp³-hybridized carbons (Fsp3) is 0.387. The van der Waals surface area contributed by atoms with Gasteiger partial charge in [0.2, 0.25) is 0 Å². The van der Waals surface area contributed by atoms with Crippen molar-refractivity contribution in [1.29, 1.82) is 0 Å². The number of carbonyl (C=O) groups is 2. The molecule has 0 bridgehead atoms. The van der Waals surface area contributed by atoms with Gasteiger partial charge in [0.15, 0.2) is 0 Å². The highest BCUT2D eigenvalue weighted by atomic mass is 19.4. The van der Waals surface area contributed by atoms with Gasteiger partial charge in [-0.15, -0.1) is 0 Å². The van der Waals surface area contributed by atoms with Crippen molar-refractivity contribution in [1.82, 2.24) is 15.2 Å². The Morgan fingerprint density at radius 1 is 1.02 bits per heavy atom. The molecule has 3 aromatic rings. The van der Waals surface area contributed by atoms with Gasteiger partial charge >= 0.3 is 18.4 Å². The molecule has 1 fully saturated rings. The number of nitrogens with one attached hydrogen (secondary N) is 1. The summed E-state index contributed by atoms with van der Waals surface area (Å²) < 4.78 is 92.2. The molecule has 45 heavy (non-hydrogen) atoms. The molecule has 0 aliphatic carbocycles. The summed E-state index contributed by atoms with van der Waals surface area (Å²) in [6.07, 6.45) is -9.38. The first-order valence-corrected chi connectivity index (χ1v) is 14.2. The number of aryl methyl sites for hydroxylation is 1. The number of hydrogen-bond donors (Lipinski definition) is 2. The molecule has 1 atom stereocenters. The number of alkyl halides is 6. The molecular formula is C31H29F6N3O5. The summed E-state index contributed by atoms with van der Waals surface area (Å²) >= 11 is 0. The van der Waals surface area contributed by atoms with E-state index in [9.17, 15) is 41.0 Å². The molecule has 14 heteroatoms. The first-order valence-electron chi connectivity index (χ1n) is 14.2. The number of aliphatic hydroxyl groups is 1. The molecule has 1 aromatic heterocycles. The second-order valence-electron chi connectivity index (χ2n) is 10.9. The first kappa shape index (κ1) is 32.1. The van der Waals surface area contributed by atoms with E-state index in [1.165, 1.54) is 18.3 Å². The first-order chi connectivity index (χ1) is 21.1. The van der Waals surface area contributed by atoms with Crippen molar-refractivity contribution in [3.05, 3.63) is 82.7 Å². The lowest BCUT2D eigenvalue weighted by atomic mass is 9.86. The Morgan fingerprint density at radius 3 is 2.42 bits per heavy atom. The summed E-state index contributed by atoms with van der Waals surface area (Å²) in [6.45, 7) is 3.75. The lowest BCUT2D eigenvalue weighted by Crippen LogP contribution is -2.53. The largest absolute Gasteiger partial charge is 0.493 e. The SMILES string of the molecule is CCCc1cc(C(O)(C(F)(F)F)C(F)(F)F)ccc1Oc1ccnc(CN2C(=O)NC(CC)(c3ccc4c(c3)CCO4)C2=O)c1. The molecule has 3 heterocycles. The topological polar surface area (TPSA) is 101 Å². The average molecular weight is 638 g/mol. The van der Waals surface area contributed by atoms with Crippen LogP contribution in [0.25, 0.3) is 0 Å². The molecule has 2 aliphatic heterocycles. The highest BCUT2D eigenvalue weighted by Gasteiger charge is 2.71. The Bertz CT molecular complexity index is 1610. The smallest absolute Gasteiger partial charge is 0.430 e. The molecule has 1 unspecified atom stereocenters. The number of halogens is 6. The van der Waals surface area contributed by atoms with Crippen molar-refractivity contribution in [3.8, 4) is 17.2 Å². The van der Waals surface area contributed by atoms with E-state index in [0.717, 1.165) is 22.3 Å². The summed E-state index contributed by atoms with van der Waals surface area (Å²) in [6, 6.07) is 9.62. The predicted molar refractivity (Wildman–Crippen MR) is 147 cm³/mol. The molecule has 8 nitrogen and oxygen atoms in total. The van der Waals surface area contributed by atoms with E-state index in [1.54, 1.807) is 26.0 Å². The molecule has 0 spiro atoms. The van der Waals surface area contributed by atoms with Crippen molar-refractivity contribution < 1.29 is 50.5 Å². The summed E-state index contributed by atoms with van der Waals surface area (Å²) in [5.74, 6) is 0.321. The number of hydrogen-bond acceptors (Lipinski definition) is 6. The van der Waals surface area contributed by atoms with E-state index in [4.69, 9.17) is 9.47 Å². The Labute approximate surface area is 254 Å². The summed E-state index contributed by atoms with van der Waals surface area (Å²) in [4.78, 5) is 32.0. The van der Waals surface area contributed by atoms with E-state index in [1.807, 2.05) is 6.07 Å². The van der Waals surface area contributed by atoms with Crippen LogP contribution in [-0.2, 0) is 35.3 Å². The number of aromatic nitrogens is 1. The van der Waals surface area contributed by atoms with Crippen LogP contribution in [0.4, 0.5) is 31.1 Å². The molecule has 3 amide bonds. The van der Waals surface area contributed by atoms with Crippen molar-refractivity contribution >= 4 is 11.9 Å². The van der Waals surface area contributed by atoms with E-state index in [2.05, 4.69) is 10.3 Å². The predicted octanol–water partition coefficient (Wildman–Crippen LogP) is 6.43. The lowest BCUT2D eigenvalue weighted by Gasteiger charge is -2.33.